The van der Waals surface area contributed by atoms with Gasteiger partial charge in [0, 0.05) is 6.92 Å². The van der Waals surface area contributed by atoms with Crippen LogP contribution in [0.15, 0.2) is 11.6 Å². The van der Waals surface area contributed by atoms with Gasteiger partial charge in [0.2, 0.25) is 0 Å². The first-order valence-electron chi connectivity index (χ1n) is 4.05. The topological polar surface area (TPSA) is 57.5 Å². The maximum absolute atomic E-state index is 9.04. The fourth-order valence-electron chi connectivity index (χ4n) is 1.08. The molecule has 1 aliphatic rings. The van der Waals surface area contributed by atoms with Crippen LogP contribution in [0.5, 0.6) is 0 Å². The summed E-state index contributed by atoms with van der Waals surface area (Å²) in [6.45, 7) is 3.16. The fourth-order valence-corrected chi connectivity index (χ4v) is 1.08. The van der Waals surface area contributed by atoms with E-state index >= 15 is 0 Å². The number of rotatable bonds is 0. The van der Waals surface area contributed by atoms with E-state index in [4.69, 9.17) is 15.0 Å². The van der Waals surface area contributed by atoms with Gasteiger partial charge < -0.3 is 10.2 Å². The molecule has 70 valence electrons. The second-order valence-electron chi connectivity index (χ2n) is 3.00. The summed E-state index contributed by atoms with van der Waals surface area (Å²) in [7, 11) is 0. The standard InChI is InChI=1S/C7H12O.C2H4O2/c1-6-3-2-4-7(8)5-6;1-2(3)4/h3,7-8H,2,4-5H2,1H3;1H3,(H,3,4). The minimum atomic E-state index is -0.833. The van der Waals surface area contributed by atoms with Gasteiger partial charge >= 0.3 is 0 Å². The number of aliphatic carboxylic acids is 1. The summed E-state index contributed by atoms with van der Waals surface area (Å²) in [5, 5.41) is 16.5. The van der Waals surface area contributed by atoms with Crippen molar-refractivity contribution in [2.75, 3.05) is 0 Å². The third-order valence-electron chi connectivity index (χ3n) is 1.55. The molecule has 0 fully saturated rings. The van der Waals surface area contributed by atoms with Gasteiger partial charge in [0.1, 0.15) is 0 Å². The third kappa shape index (κ3) is 7.28. The van der Waals surface area contributed by atoms with E-state index < -0.39 is 5.97 Å². The van der Waals surface area contributed by atoms with Crippen molar-refractivity contribution in [2.24, 2.45) is 0 Å². The molecule has 1 unspecified atom stereocenters. The summed E-state index contributed by atoms with van der Waals surface area (Å²) < 4.78 is 0. The summed E-state index contributed by atoms with van der Waals surface area (Å²) in [6, 6.07) is 0. The molecule has 0 aromatic carbocycles. The Kier molecular flexibility index (Phi) is 5.37. The summed E-state index contributed by atoms with van der Waals surface area (Å²) in [6.07, 6.45) is 5.05. The Bertz CT molecular complexity index is 169. The molecule has 0 saturated heterocycles. The highest BCUT2D eigenvalue weighted by atomic mass is 16.4. The van der Waals surface area contributed by atoms with Crippen molar-refractivity contribution < 1.29 is 15.0 Å². The fraction of sp³-hybridized carbons (Fsp3) is 0.667. The van der Waals surface area contributed by atoms with E-state index in [1.807, 2.05) is 0 Å². The molecule has 3 nitrogen and oxygen atoms in total. The molecule has 0 aromatic rings. The predicted octanol–water partition coefficient (Wildman–Crippen LogP) is 1.57. The molecule has 0 heterocycles. The van der Waals surface area contributed by atoms with Crippen LogP contribution in [0.4, 0.5) is 0 Å². The number of aliphatic hydroxyl groups is 1. The van der Waals surface area contributed by atoms with Gasteiger partial charge in [-0.1, -0.05) is 11.6 Å². The van der Waals surface area contributed by atoms with E-state index in [2.05, 4.69) is 13.0 Å². The van der Waals surface area contributed by atoms with Crippen LogP contribution in [0, 0.1) is 0 Å². The van der Waals surface area contributed by atoms with Crippen LogP contribution >= 0.6 is 0 Å². The van der Waals surface area contributed by atoms with Crippen molar-refractivity contribution >= 4 is 5.97 Å². The van der Waals surface area contributed by atoms with E-state index in [1.54, 1.807) is 0 Å². The summed E-state index contributed by atoms with van der Waals surface area (Å²) in [5.74, 6) is -0.833. The van der Waals surface area contributed by atoms with E-state index in [0.29, 0.717) is 0 Å². The first kappa shape index (κ1) is 11.2. The predicted molar refractivity (Wildman–Crippen MR) is 46.9 cm³/mol. The molecule has 2 N–H and O–H groups in total. The Morgan fingerprint density at radius 3 is 2.42 bits per heavy atom. The van der Waals surface area contributed by atoms with Crippen molar-refractivity contribution in [3.8, 4) is 0 Å². The number of aliphatic hydroxyl groups excluding tert-OH is 1. The Hall–Kier alpha value is -0.830. The minimum absolute atomic E-state index is 0.0556. The van der Waals surface area contributed by atoms with Crippen molar-refractivity contribution in [1.29, 1.82) is 0 Å². The van der Waals surface area contributed by atoms with Gasteiger partial charge in [-0.25, -0.2) is 0 Å². The Morgan fingerprint density at radius 2 is 2.17 bits per heavy atom. The normalized spacial score (nSPS) is 21.9. The smallest absolute Gasteiger partial charge is 0.300 e. The molecule has 12 heavy (non-hydrogen) atoms. The van der Waals surface area contributed by atoms with Gasteiger partial charge in [-0.2, -0.15) is 0 Å². The first-order valence-corrected chi connectivity index (χ1v) is 4.05. The zero-order valence-electron chi connectivity index (χ0n) is 7.58. The number of carbonyl (C=O) groups is 1. The minimum Gasteiger partial charge on any atom is -0.481 e. The highest BCUT2D eigenvalue weighted by Crippen LogP contribution is 2.16. The maximum Gasteiger partial charge on any atom is 0.300 e. The SMILES string of the molecule is CC(=O)O.CC1=CCCC(O)C1. The number of carboxylic acid groups (broad SMARTS) is 1. The quantitative estimate of drug-likeness (QED) is 0.545. The Labute approximate surface area is 72.7 Å². The molecule has 0 aliphatic heterocycles. The lowest BCUT2D eigenvalue weighted by molar-refractivity contribution is -0.134. The monoisotopic (exact) mass is 172 g/mol. The second kappa shape index (κ2) is 5.77. The molecule has 1 atom stereocenters. The van der Waals surface area contributed by atoms with Gasteiger partial charge in [0.15, 0.2) is 0 Å². The number of hydrogen-bond acceptors (Lipinski definition) is 2. The molecule has 0 aromatic heterocycles. The molecule has 0 bridgehead atoms. The van der Waals surface area contributed by atoms with Gasteiger partial charge in [-0.15, -0.1) is 0 Å². The third-order valence-corrected chi connectivity index (χ3v) is 1.55. The lowest BCUT2D eigenvalue weighted by atomic mass is 9.98. The van der Waals surface area contributed by atoms with E-state index in [9.17, 15) is 0 Å². The zero-order chi connectivity index (χ0) is 9.56. The molecule has 1 aliphatic carbocycles. The molecule has 0 saturated carbocycles. The van der Waals surface area contributed by atoms with Crippen LogP contribution in [0.25, 0.3) is 0 Å². The molecule has 0 radical (unpaired) electrons. The van der Waals surface area contributed by atoms with Gasteiger partial charge in [0.25, 0.3) is 5.97 Å². The summed E-state index contributed by atoms with van der Waals surface area (Å²) >= 11 is 0. The summed E-state index contributed by atoms with van der Waals surface area (Å²) in [5.41, 5.74) is 1.34. The van der Waals surface area contributed by atoms with Crippen molar-refractivity contribution in [1.82, 2.24) is 0 Å². The van der Waals surface area contributed by atoms with Gasteiger partial charge in [0.05, 0.1) is 6.10 Å². The number of carboxylic acids is 1. The maximum atomic E-state index is 9.04. The number of hydrogen-bond donors (Lipinski definition) is 2. The van der Waals surface area contributed by atoms with Crippen LogP contribution in [0.1, 0.15) is 33.1 Å². The highest BCUT2D eigenvalue weighted by molar-refractivity contribution is 5.62. The van der Waals surface area contributed by atoms with Gasteiger partial charge in [-0.05, 0) is 26.2 Å². The summed E-state index contributed by atoms with van der Waals surface area (Å²) in [4.78, 5) is 9.00. The second-order valence-corrected chi connectivity index (χ2v) is 3.00. The zero-order valence-corrected chi connectivity index (χ0v) is 7.58. The molecule has 0 spiro atoms. The van der Waals surface area contributed by atoms with Gasteiger partial charge in [-0.3, -0.25) is 4.79 Å². The molecular weight excluding hydrogens is 156 g/mol. The molecular formula is C9H16O3. The van der Waals surface area contributed by atoms with Crippen molar-refractivity contribution in [3.05, 3.63) is 11.6 Å². The van der Waals surface area contributed by atoms with E-state index in [1.165, 1.54) is 5.57 Å². The lowest BCUT2D eigenvalue weighted by Gasteiger charge is -2.14. The van der Waals surface area contributed by atoms with E-state index in [-0.39, 0.29) is 6.10 Å². The lowest BCUT2D eigenvalue weighted by Crippen LogP contribution is -2.09. The van der Waals surface area contributed by atoms with Crippen molar-refractivity contribution in [3.63, 3.8) is 0 Å². The average Bonchev–Trinajstić information content (AvgIpc) is 1.84. The Balaban J connectivity index is 0.000000261. The highest BCUT2D eigenvalue weighted by Gasteiger charge is 2.07. The molecule has 3 heteroatoms. The Morgan fingerprint density at radius 1 is 1.67 bits per heavy atom. The van der Waals surface area contributed by atoms with Crippen LogP contribution < -0.4 is 0 Å². The van der Waals surface area contributed by atoms with Crippen LogP contribution in [0.2, 0.25) is 0 Å². The van der Waals surface area contributed by atoms with Crippen molar-refractivity contribution in [2.45, 2.75) is 39.2 Å². The molecule has 1 rings (SSSR count). The van der Waals surface area contributed by atoms with Crippen LogP contribution in [-0.4, -0.2) is 22.3 Å². The van der Waals surface area contributed by atoms with Crippen LogP contribution in [0.3, 0.4) is 0 Å². The largest absolute Gasteiger partial charge is 0.481 e. The average molecular weight is 172 g/mol. The first-order chi connectivity index (χ1) is 5.52. The van der Waals surface area contributed by atoms with E-state index in [0.717, 1.165) is 26.2 Å². The molecule has 0 amide bonds. The van der Waals surface area contributed by atoms with Crippen LogP contribution in [-0.2, 0) is 4.79 Å². The number of allylic oxidation sites excluding steroid dienone is 1.